The number of unbranched alkanes of at least 4 members (excludes halogenated alkanes) is 1. The number of hydrogen-bond donors (Lipinski definition) is 2. The van der Waals surface area contributed by atoms with Gasteiger partial charge in [-0.2, -0.15) is 0 Å². The Hall–Kier alpha value is -1.17. The first-order chi connectivity index (χ1) is 14.0. The molecule has 9 heteroatoms. The quantitative estimate of drug-likeness (QED) is 0.146. The molecule has 30 heavy (non-hydrogen) atoms. The largest absolute Gasteiger partial charge is 0.377 e. The van der Waals surface area contributed by atoms with Gasteiger partial charge < -0.3 is 15.0 Å². The summed E-state index contributed by atoms with van der Waals surface area (Å²) in [7, 11) is -1.51. The Balaban J connectivity index is 0.00000450. The second-order valence-electron chi connectivity index (χ2n) is 7.15. The minimum absolute atomic E-state index is 0. The summed E-state index contributed by atoms with van der Waals surface area (Å²) in [6.07, 6.45) is 5.78. The van der Waals surface area contributed by atoms with Gasteiger partial charge in [0.25, 0.3) is 0 Å². The van der Waals surface area contributed by atoms with Crippen molar-refractivity contribution < 1.29 is 13.2 Å². The predicted octanol–water partition coefficient (Wildman–Crippen LogP) is 3.13. The zero-order valence-corrected chi connectivity index (χ0v) is 21.1. The highest BCUT2D eigenvalue weighted by atomic mass is 127. The Morgan fingerprint density at radius 2 is 2.10 bits per heavy atom. The Morgan fingerprint density at radius 3 is 2.70 bits per heavy atom. The van der Waals surface area contributed by atoms with Crippen LogP contribution in [0.25, 0.3) is 0 Å². The van der Waals surface area contributed by atoms with E-state index < -0.39 is 10.0 Å². The summed E-state index contributed by atoms with van der Waals surface area (Å²) < 4.78 is 33.0. The number of hydrogen-bond acceptors (Lipinski definition) is 4. The van der Waals surface area contributed by atoms with Crippen LogP contribution in [0, 0.1) is 0 Å². The van der Waals surface area contributed by atoms with E-state index in [1.54, 1.807) is 12.1 Å². The lowest BCUT2D eigenvalue weighted by molar-refractivity contribution is 0.114. The van der Waals surface area contributed by atoms with Crippen LogP contribution in [0.5, 0.6) is 0 Å². The second kappa shape index (κ2) is 14.0. The molecule has 170 valence electrons. The van der Waals surface area contributed by atoms with E-state index in [1.807, 2.05) is 32.2 Å². The van der Waals surface area contributed by atoms with Gasteiger partial charge in [-0.3, -0.25) is 0 Å². The van der Waals surface area contributed by atoms with Crippen molar-refractivity contribution in [3.63, 3.8) is 0 Å². The van der Waals surface area contributed by atoms with Gasteiger partial charge in [0.15, 0.2) is 5.96 Å². The average molecular weight is 551 g/mol. The van der Waals surface area contributed by atoms with E-state index in [-0.39, 0.29) is 35.0 Å². The fourth-order valence-electron chi connectivity index (χ4n) is 3.08. The van der Waals surface area contributed by atoms with Crippen LogP contribution in [0.15, 0.2) is 46.8 Å². The average Bonchev–Trinajstić information content (AvgIpc) is 3.24. The number of benzene rings is 1. The highest BCUT2D eigenvalue weighted by Gasteiger charge is 2.20. The normalized spacial score (nSPS) is 16.7. The molecule has 1 aromatic rings. The minimum Gasteiger partial charge on any atom is -0.377 e. The van der Waals surface area contributed by atoms with Gasteiger partial charge in [0.05, 0.1) is 17.5 Å². The first-order valence-corrected chi connectivity index (χ1v) is 11.7. The Kier molecular flexibility index (Phi) is 12.5. The number of sulfonamides is 1. The minimum atomic E-state index is -3.53. The maximum atomic E-state index is 12.4. The Bertz CT molecular complexity index is 763. The molecule has 0 saturated carbocycles. The lowest BCUT2D eigenvalue weighted by Crippen LogP contribution is -2.39. The lowest BCUT2D eigenvalue weighted by atomic mass is 10.2. The van der Waals surface area contributed by atoms with Crippen LogP contribution >= 0.6 is 24.0 Å². The number of nitrogens with one attached hydrogen (secondary N) is 2. The molecule has 0 amide bonds. The molecule has 0 aromatic heterocycles. The smallest absolute Gasteiger partial charge is 0.240 e. The summed E-state index contributed by atoms with van der Waals surface area (Å²) in [5.74, 6) is 0.839. The highest BCUT2D eigenvalue weighted by Crippen LogP contribution is 2.14. The zero-order chi connectivity index (χ0) is 21.1. The Morgan fingerprint density at radius 1 is 1.37 bits per heavy atom. The zero-order valence-electron chi connectivity index (χ0n) is 18.0. The summed E-state index contributed by atoms with van der Waals surface area (Å²) in [5, 5.41) is 3.29. The van der Waals surface area contributed by atoms with Crippen LogP contribution in [-0.2, 0) is 21.3 Å². The molecule has 1 aromatic carbocycles. The van der Waals surface area contributed by atoms with Gasteiger partial charge in [-0.05, 0) is 50.3 Å². The van der Waals surface area contributed by atoms with Gasteiger partial charge in [-0.15, -0.1) is 30.6 Å². The van der Waals surface area contributed by atoms with Crippen molar-refractivity contribution in [1.29, 1.82) is 0 Å². The fraction of sp³-hybridized carbons (Fsp3) is 0.571. The summed E-state index contributed by atoms with van der Waals surface area (Å²) in [6.45, 7) is 8.99. The molecule has 1 aliphatic heterocycles. The van der Waals surface area contributed by atoms with Crippen molar-refractivity contribution >= 4 is 40.0 Å². The number of guanidine groups is 1. The molecule has 1 atom stereocenters. The third-order valence-electron chi connectivity index (χ3n) is 4.77. The van der Waals surface area contributed by atoms with Crippen molar-refractivity contribution in [1.82, 2.24) is 14.9 Å². The number of rotatable bonds is 11. The number of allylic oxidation sites excluding steroid dienone is 1. The van der Waals surface area contributed by atoms with Gasteiger partial charge in [-0.25, -0.2) is 18.1 Å². The molecule has 0 aliphatic carbocycles. The van der Waals surface area contributed by atoms with Gasteiger partial charge in [0, 0.05) is 33.3 Å². The summed E-state index contributed by atoms with van der Waals surface area (Å²) in [5.41, 5.74) is 0.956. The first kappa shape index (κ1) is 26.9. The molecule has 0 spiro atoms. The molecule has 1 aliphatic rings. The molecule has 1 fully saturated rings. The molecular formula is C21H35IN4O3S. The van der Waals surface area contributed by atoms with E-state index in [0.29, 0.717) is 19.7 Å². The van der Waals surface area contributed by atoms with Gasteiger partial charge >= 0.3 is 0 Å². The molecule has 0 radical (unpaired) electrons. The van der Waals surface area contributed by atoms with E-state index in [9.17, 15) is 8.42 Å². The van der Waals surface area contributed by atoms with Crippen LogP contribution in [0.1, 0.15) is 38.2 Å². The van der Waals surface area contributed by atoms with E-state index in [4.69, 9.17) is 4.74 Å². The maximum Gasteiger partial charge on any atom is 0.240 e. The van der Waals surface area contributed by atoms with E-state index in [0.717, 1.165) is 50.3 Å². The molecule has 2 rings (SSSR count). The van der Waals surface area contributed by atoms with Crippen molar-refractivity contribution in [2.45, 2.75) is 50.2 Å². The standard InChI is InChI=1S/C21H34N4O3S.HI/c1-4-6-7-14-25(3)21(22-5-2)23-16-18-10-12-20(13-11-18)29(26,27)24-17-19-9-8-15-28-19;/h4,10-13,19,24H,1,5-9,14-17H2,2-3H3,(H,22,23);1H. The van der Waals surface area contributed by atoms with Crippen LogP contribution in [0.4, 0.5) is 0 Å². The maximum absolute atomic E-state index is 12.4. The van der Waals surface area contributed by atoms with Crippen molar-refractivity contribution in [3.05, 3.63) is 42.5 Å². The van der Waals surface area contributed by atoms with Crippen molar-refractivity contribution in [2.75, 3.05) is 33.3 Å². The first-order valence-electron chi connectivity index (χ1n) is 10.3. The summed E-state index contributed by atoms with van der Waals surface area (Å²) in [4.78, 5) is 7.03. The number of nitrogens with zero attached hydrogens (tertiary/aromatic N) is 2. The molecule has 7 nitrogen and oxygen atoms in total. The monoisotopic (exact) mass is 550 g/mol. The number of aliphatic imine (C=N–C) groups is 1. The van der Waals surface area contributed by atoms with Gasteiger partial charge in [-0.1, -0.05) is 18.2 Å². The molecular weight excluding hydrogens is 515 g/mol. The SMILES string of the molecule is C=CCCCN(C)C(=NCc1ccc(S(=O)(=O)NCC2CCCO2)cc1)NCC.I. The molecule has 1 saturated heterocycles. The highest BCUT2D eigenvalue weighted by molar-refractivity contribution is 14.0. The molecule has 1 unspecified atom stereocenters. The van der Waals surface area contributed by atoms with Crippen LogP contribution in [-0.4, -0.2) is 58.7 Å². The van der Waals surface area contributed by atoms with Crippen molar-refractivity contribution in [2.24, 2.45) is 4.99 Å². The summed E-state index contributed by atoms with van der Waals surface area (Å²) >= 11 is 0. The van der Waals surface area contributed by atoms with E-state index in [2.05, 4.69) is 26.5 Å². The van der Waals surface area contributed by atoms with Crippen molar-refractivity contribution in [3.8, 4) is 0 Å². The Labute approximate surface area is 198 Å². The van der Waals surface area contributed by atoms with E-state index in [1.165, 1.54) is 0 Å². The topological polar surface area (TPSA) is 83.0 Å². The molecule has 0 bridgehead atoms. The second-order valence-corrected chi connectivity index (χ2v) is 8.92. The van der Waals surface area contributed by atoms with Crippen LogP contribution in [0.3, 0.4) is 0 Å². The third-order valence-corrected chi connectivity index (χ3v) is 6.21. The lowest BCUT2D eigenvalue weighted by Gasteiger charge is -2.21. The summed E-state index contributed by atoms with van der Waals surface area (Å²) in [6, 6.07) is 6.88. The fourth-order valence-corrected chi connectivity index (χ4v) is 4.15. The van der Waals surface area contributed by atoms with Gasteiger partial charge in [0.1, 0.15) is 0 Å². The van der Waals surface area contributed by atoms with Gasteiger partial charge in [0.2, 0.25) is 10.0 Å². The third kappa shape index (κ3) is 8.91. The number of ether oxygens (including phenoxy) is 1. The van der Waals surface area contributed by atoms with Crippen LogP contribution < -0.4 is 10.0 Å². The van der Waals surface area contributed by atoms with E-state index >= 15 is 0 Å². The molecule has 2 N–H and O–H groups in total. The molecule has 1 heterocycles. The predicted molar refractivity (Wildman–Crippen MR) is 133 cm³/mol. The number of halogens is 1. The van der Waals surface area contributed by atoms with Crippen LogP contribution in [0.2, 0.25) is 0 Å².